The molecule has 0 amide bonds. The number of rotatable bonds is 5. The van der Waals surface area contributed by atoms with Crippen molar-refractivity contribution in [3.63, 3.8) is 0 Å². The number of carbonyl (C=O) groups is 2. The molecule has 0 aromatic heterocycles. The highest BCUT2D eigenvalue weighted by molar-refractivity contribution is 5.66. The van der Waals surface area contributed by atoms with E-state index in [2.05, 4.69) is 0 Å². The second-order valence-corrected chi connectivity index (χ2v) is 5.50. The molecule has 0 N–H and O–H groups in total. The minimum absolute atomic E-state index is 0.0270. The first-order valence-corrected chi connectivity index (χ1v) is 6.86. The molecule has 4 atom stereocenters. The predicted molar refractivity (Wildman–Crippen MR) is 70.6 cm³/mol. The van der Waals surface area contributed by atoms with Gasteiger partial charge in [0.25, 0.3) is 0 Å². The predicted octanol–water partition coefficient (Wildman–Crippen LogP) is 2.00. The van der Waals surface area contributed by atoms with Gasteiger partial charge in [0.2, 0.25) is 12.1 Å². The SMILES string of the molecule is CC[C@H]1OC(OC(C)=O)[C@H](OC(C)(C)OC(C)=O)[C@@H]1C. The van der Waals surface area contributed by atoms with Crippen molar-refractivity contribution in [3.8, 4) is 0 Å². The van der Waals surface area contributed by atoms with Crippen LogP contribution in [-0.2, 0) is 28.5 Å². The van der Waals surface area contributed by atoms with Gasteiger partial charge in [-0.3, -0.25) is 9.59 Å². The molecule has 0 aromatic carbocycles. The molecule has 1 aliphatic heterocycles. The fourth-order valence-corrected chi connectivity index (χ4v) is 2.42. The van der Waals surface area contributed by atoms with Crippen molar-refractivity contribution < 1.29 is 28.5 Å². The zero-order chi connectivity index (χ0) is 15.5. The molecular weight excluding hydrogens is 264 g/mol. The quantitative estimate of drug-likeness (QED) is 0.569. The highest BCUT2D eigenvalue weighted by atomic mass is 16.8. The van der Waals surface area contributed by atoms with Gasteiger partial charge in [0.15, 0.2) is 0 Å². The summed E-state index contributed by atoms with van der Waals surface area (Å²) in [5.74, 6) is -1.94. The van der Waals surface area contributed by atoms with Crippen molar-refractivity contribution >= 4 is 11.9 Å². The molecule has 0 saturated carbocycles. The summed E-state index contributed by atoms with van der Waals surface area (Å²) in [5, 5.41) is 0. The smallest absolute Gasteiger partial charge is 0.305 e. The van der Waals surface area contributed by atoms with Gasteiger partial charge in [-0.05, 0) is 6.42 Å². The molecule has 1 heterocycles. The zero-order valence-electron chi connectivity index (χ0n) is 13.0. The van der Waals surface area contributed by atoms with E-state index in [0.717, 1.165) is 6.42 Å². The van der Waals surface area contributed by atoms with Crippen LogP contribution in [0.3, 0.4) is 0 Å². The molecule has 1 fully saturated rings. The van der Waals surface area contributed by atoms with Crippen LogP contribution in [0.2, 0.25) is 0 Å². The fourth-order valence-electron chi connectivity index (χ4n) is 2.42. The summed E-state index contributed by atoms with van der Waals surface area (Å²) in [6.07, 6.45) is -0.523. The number of ether oxygens (including phenoxy) is 4. The third-order valence-electron chi connectivity index (χ3n) is 3.18. The molecule has 0 radical (unpaired) electrons. The Labute approximate surface area is 119 Å². The first-order valence-electron chi connectivity index (χ1n) is 6.86. The lowest BCUT2D eigenvalue weighted by Gasteiger charge is -2.31. The zero-order valence-corrected chi connectivity index (χ0v) is 13.0. The Hall–Kier alpha value is -1.14. The van der Waals surface area contributed by atoms with Crippen LogP contribution in [0, 0.1) is 5.92 Å². The van der Waals surface area contributed by atoms with Crippen molar-refractivity contribution in [3.05, 3.63) is 0 Å². The molecule has 1 rings (SSSR count). The highest BCUT2D eigenvalue weighted by Gasteiger charge is 2.46. The minimum atomic E-state index is -1.10. The fraction of sp³-hybridized carbons (Fsp3) is 0.857. The van der Waals surface area contributed by atoms with E-state index in [1.165, 1.54) is 13.8 Å². The lowest BCUT2D eigenvalue weighted by molar-refractivity contribution is -0.262. The third-order valence-corrected chi connectivity index (χ3v) is 3.18. The molecule has 0 spiro atoms. The summed E-state index contributed by atoms with van der Waals surface area (Å²) in [4.78, 5) is 22.2. The van der Waals surface area contributed by atoms with Gasteiger partial charge in [-0.1, -0.05) is 13.8 Å². The molecule has 1 saturated heterocycles. The van der Waals surface area contributed by atoms with Crippen LogP contribution in [0.25, 0.3) is 0 Å². The van der Waals surface area contributed by atoms with Crippen LogP contribution in [0.5, 0.6) is 0 Å². The van der Waals surface area contributed by atoms with Crippen LogP contribution in [-0.4, -0.2) is 36.2 Å². The summed E-state index contributed by atoms with van der Waals surface area (Å²) in [6, 6.07) is 0. The maximum absolute atomic E-state index is 11.1. The van der Waals surface area contributed by atoms with Crippen molar-refractivity contribution in [2.75, 3.05) is 0 Å². The van der Waals surface area contributed by atoms with Crippen molar-refractivity contribution in [2.24, 2.45) is 5.92 Å². The molecule has 1 aliphatic rings. The Morgan fingerprint density at radius 2 is 1.80 bits per heavy atom. The lowest BCUT2D eigenvalue weighted by Crippen LogP contribution is -2.42. The largest absolute Gasteiger partial charge is 0.434 e. The summed E-state index contributed by atoms with van der Waals surface area (Å²) >= 11 is 0. The summed E-state index contributed by atoms with van der Waals surface area (Å²) in [5.41, 5.74) is 0. The van der Waals surface area contributed by atoms with E-state index in [1.54, 1.807) is 13.8 Å². The average Bonchev–Trinajstić information content (AvgIpc) is 2.54. The van der Waals surface area contributed by atoms with Crippen LogP contribution in [0.4, 0.5) is 0 Å². The second kappa shape index (κ2) is 6.54. The Balaban J connectivity index is 2.81. The summed E-state index contributed by atoms with van der Waals surface area (Å²) in [6.45, 7) is 9.88. The Morgan fingerprint density at radius 1 is 1.20 bits per heavy atom. The third kappa shape index (κ3) is 4.45. The van der Waals surface area contributed by atoms with E-state index in [4.69, 9.17) is 18.9 Å². The Kier molecular flexibility index (Phi) is 5.53. The van der Waals surface area contributed by atoms with Gasteiger partial charge < -0.3 is 18.9 Å². The molecule has 0 aliphatic carbocycles. The maximum Gasteiger partial charge on any atom is 0.305 e. The second-order valence-electron chi connectivity index (χ2n) is 5.50. The minimum Gasteiger partial charge on any atom is -0.434 e. The average molecular weight is 288 g/mol. The van der Waals surface area contributed by atoms with E-state index in [0.29, 0.717) is 0 Å². The van der Waals surface area contributed by atoms with E-state index >= 15 is 0 Å². The number of carbonyl (C=O) groups excluding carboxylic acids is 2. The molecule has 116 valence electrons. The van der Waals surface area contributed by atoms with Gasteiger partial charge in [0.1, 0.15) is 6.10 Å². The monoisotopic (exact) mass is 288 g/mol. The Bertz CT molecular complexity index is 365. The normalized spacial score (nSPS) is 30.1. The van der Waals surface area contributed by atoms with Crippen molar-refractivity contribution in [2.45, 2.75) is 72.2 Å². The van der Waals surface area contributed by atoms with Crippen molar-refractivity contribution in [1.82, 2.24) is 0 Å². The summed E-state index contributed by atoms with van der Waals surface area (Å²) in [7, 11) is 0. The molecular formula is C14H24O6. The van der Waals surface area contributed by atoms with E-state index in [-0.39, 0.29) is 12.0 Å². The molecule has 0 aromatic rings. The standard InChI is InChI=1S/C14H24O6/c1-7-11-8(2)12(13(18-11)17-9(3)15)20-14(5,6)19-10(4)16/h8,11-13H,7H2,1-6H3/t8-,11-,12-,13?/m1/s1. The highest BCUT2D eigenvalue weighted by Crippen LogP contribution is 2.34. The van der Waals surface area contributed by atoms with Gasteiger partial charge in [-0.15, -0.1) is 0 Å². The van der Waals surface area contributed by atoms with Crippen molar-refractivity contribution in [1.29, 1.82) is 0 Å². The Morgan fingerprint density at radius 3 is 2.25 bits per heavy atom. The topological polar surface area (TPSA) is 71.1 Å². The molecule has 0 bridgehead atoms. The van der Waals surface area contributed by atoms with Gasteiger partial charge in [-0.2, -0.15) is 0 Å². The van der Waals surface area contributed by atoms with Gasteiger partial charge in [-0.25, -0.2) is 0 Å². The van der Waals surface area contributed by atoms with Gasteiger partial charge in [0.05, 0.1) is 6.10 Å². The molecule has 6 nitrogen and oxygen atoms in total. The van der Waals surface area contributed by atoms with E-state index in [1.807, 2.05) is 13.8 Å². The number of hydrogen-bond acceptors (Lipinski definition) is 6. The number of esters is 2. The lowest BCUT2D eigenvalue weighted by atomic mass is 9.99. The first-order chi connectivity index (χ1) is 9.16. The van der Waals surface area contributed by atoms with E-state index < -0.39 is 30.1 Å². The van der Waals surface area contributed by atoms with Crippen LogP contribution < -0.4 is 0 Å². The van der Waals surface area contributed by atoms with E-state index in [9.17, 15) is 9.59 Å². The summed E-state index contributed by atoms with van der Waals surface area (Å²) < 4.78 is 21.8. The number of hydrogen-bond donors (Lipinski definition) is 0. The first kappa shape index (κ1) is 16.9. The maximum atomic E-state index is 11.1. The van der Waals surface area contributed by atoms with Crippen LogP contribution >= 0.6 is 0 Å². The van der Waals surface area contributed by atoms with Gasteiger partial charge in [0, 0.05) is 33.6 Å². The molecule has 6 heteroatoms. The molecule has 1 unspecified atom stereocenters. The van der Waals surface area contributed by atoms with Crippen LogP contribution in [0.15, 0.2) is 0 Å². The van der Waals surface area contributed by atoms with Gasteiger partial charge >= 0.3 is 11.9 Å². The van der Waals surface area contributed by atoms with Crippen LogP contribution in [0.1, 0.15) is 48.0 Å². The molecule has 20 heavy (non-hydrogen) atoms.